The minimum atomic E-state index is -0.545. The maximum atomic E-state index is 12.2. The van der Waals surface area contributed by atoms with E-state index in [1.807, 2.05) is 25.7 Å². The first kappa shape index (κ1) is 19.0. The standard InChI is InChI=1S/C17H31N3O4/c1-17(2,3)24-16(23)20-11-10-19(15(22)12-20)9-5-8-18-7-4-6-14(18)13-21/h14,21H,4-13H2,1-3H3. The van der Waals surface area contributed by atoms with Crippen molar-refractivity contribution in [3.63, 3.8) is 0 Å². The van der Waals surface area contributed by atoms with Crippen molar-refractivity contribution in [2.45, 2.75) is 51.7 Å². The third kappa shape index (κ3) is 5.34. The Morgan fingerprint density at radius 2 is 2.00 bits per heavy atom. The van der Waals surface area contributed by atoms with Gasteiger partial charge in [-0.25, -0.2) is 4.79 Å². The molecule has 0 radical (unpaired) electrons. The molecular formula is C17H31N3O4. The van der Waals surface area contributed by atoms with Crippen LogP contribution >= 0.6 is 0 Å². The van der Waals surface area contributed by atoms with Gasteiger partial charge in [0, 0.05) is 32.2 Å². The Kier molecular flexibility index (Phi) is 6.46. The highest BCUT2D eigenvalue weighted by molar-refractivity contribution is 5.83. The smallest absolute Gasteiger partial charge is 0.410 e. The molecule has 24 heavy (non-hydrogen) atoms. The Balaban J connectivity index is 1.71. The number of likely N-dealkylation sites (tertiary alicyclic amines) is 1. The zero-order valence-electron chi connectivity index (χ0n) is 15.2. The Hall–Kier alpha value is -1.34. The molecule has 2 aliphatic heterocycles. The zero-order chi connectivity index (χ0) is 17.7. The number of nitrogens with zero attached hydrogens (tertiary/aromatic N) is 3. The van der Waals surface area contributed by atoms with Gasteiger partial charge >= 0.3 is 6.09 Å². The second kappa shape index (κ2) is 8.16. The molecule has 2 saturated heterocycles. The van der Waals surface area contributed by atoms with Crippen molar-refractivity contribution >= 4 is 12.0 Å². The Morgan fingerprint density at radius 1 is 1.25 bits per heavy atom. The average molecular weight is 341 g/mol. The average Bonchev–Trinajstić information content (AvgIpc) is 2.94. The van der Waals surface area contributed by atoms with Crippen LogP contribution in [-0.2, 0) is 9.53 Å². The minimum absolute atomic E-state index is 0.0211. The molecule has 7 nitrogen and oxygen atoms in total. The second-order valence-electron chi connectivity index (χ2n) is 7.65. The van der Waals surface area contributed by atoms with Gasteiger partial charge < -0.3 is 14.7 Å². The summed E-state index contributed by atoms with van der Waals surface area (Å²) < 4.78 is 5.32. The summed E-state index contributed by atoms with van der Waals surface area (Å²) in [6.07, 6.45) is 2.68. The largest absolute Gasteiger partial charge is 0.444 e. The molecule has 138 valence electrons. The quantitative estimate of drug-likeness (QED) is 0.805. The molecule has 2 fully saturated rings. The van der Waals surface area contributed by atoms with E-state index in [1.54, 1.807) is 0 Å². The fourth-order valence-corrected chi connectivity index (χ4v) is 3.29. The fraction of sp³-hybridized carbons (Fsp3) is 0.882. The van der Waals surface area contributed by atoms with Gasteiger partial charge in [0.15, 0.2) is 0 Å². The molecule has 1 unspecified atom stereocenters. The van der Waals surface area contributed by atoms with E-state index in [0.29, 0.717) is 19.6 Å². The van der Waals surface area contributed by atoms with Gasteiger partial charge in [-0.15, -0.1) is 0 Å². The van der Waals surface area contributed by atoms with Crippen LogP contribution in [-0.4, -0.2) is 89.3 Å². The summed E-state index contributed by atoms with van der Waals surface area (Å²) >= 11 is 0. The second-order valence-corrected chi connectivity index (χ2v) is 7.65. The van der Waals surface area contributed by atoms with Gasteiger partial charge in [0.1, 0.15) is 12.1 Å². The van der Waals surface area contributed by atoms with E-state index in [0.717, 1.165) is 32.4 Å². The lowest BCUT2D eigenvalue weighted by atomic mass is 10.2. The van der Waals surface area contributed by atoms with Gasteiger partial charge in [0.05, 0.1) is 6.61 Å². The molecular weight excluding hydrogens is 310 g/mol. The van der Waals surface area contributed by atoms with E-state index in [2.05, 4.69) is 4.90 Å². The van der Waals surface area contributed by atoms with Crippen molar-refractivity contribution in [1.29, 1.82) is 0 Å². The maximum absolute atomic E-state index is 12.2. The molecule has 0 spiro atoms. The highest BCUT2D eigenvalue weighted by Crippen LogP contribution is 2.17. The molecule has 0 saturated carbocycles. The summed E-state index contributed by atoms with van der Waals surface area (Å²) in [5, 5.41) is 9.33. The van der Waals surface area contributed by atoms with Gasteiger partial charge in [-0.2, -0.15) is 0 Å². The van der Waals surface area contributed by atoms with Gasteiger partial charge in [-0.3, -0.25) is 14.6 Å². The summed E-state index contributed by atoms with van der Waals surface area (Å²) in [5.74, 6) is -0.0211. The van der Waals surface area contributed by atoms with Crippen LogP contribution in [0.4, 0.5) is 4.79 Å². The molecule has 0 bridgehead atoms. The first-order valence-electron chi connectivity index (χ1n) is 8.91. The molecule has 2 rings (SSSR count). The van der Waals surface area contributed by atoms with Crippen LogP contribution in [0.1, 0.15) is 40.0 Å². The number of piperazine rings is 1. The predicted octanol–water partition coefficient (Wildman–Crippen LogP) is 0.912. The van der Waals surface area contributed by atoms with Gasteiger partial charge in [0.2, 0.25) is 5.91 Å². The Morgan fingerprint density at radius 3 is 2.62 bits per heavy atom. The number of ether oxygens (including phenoxy) is 1. The van der Waals surface area contributed by atoms with Gasteiger partial charge in [-0.1, -0.05) is 0 Å². The van der Waals surface area contributed by atoms with Crippen LogP contribution in [0.3, 0.4) is 0 Å². The van der Waals surface area contributed by atoms with E-state index in [9.17, 15) is 14.7 Å². The Bertz CT molecular complexity index is 450. The fourth-order valence-electron chi connectivity index (χ4n) is 3.29. The van der Waals surface area contributed by atoms with Crippen LogP contribution in [0, 0.1) is 0 Å². The van der Waals surface area contributed by atoms with Crippen LogP contribution in [0.25, 0.3) is 0 Å². The maximum Gasteiger partial charge on any atom is 0.410 e. The predicted molar refractivity (Wildman–Crippen MR) is 90.7 cm³/mol. The highest BCUT2D eigenvalue weighted by Gasteiger charge is 2.30. The molecule has 7 heteroatoms. The first-order chi connectivity index (χ1) is 11.3. The Labute approximate surface area is 144 Å². The summed E-state index contributed by atoms with van der Waals surface area (Å²) in [6.45, 7) is 9.49. The van der Waals surface area contributed by atoms with E-state index in [-0.39, 0.29) is 25.1 Å². The molecule has 0 aliphatic carbocycles. The van der Waals surface area contributed by atoms with Crippen molar-refractivity contribution in [3.05, 3.63) is 0 Å². The molecule has 2 aliphatic rings. The topological polar surface area (TPSA) is 73.3 Å². The van der Waals surface area contributed by atoms with E-state index in [1.165, 1.54) is 4.90 Å². The van der Waals surface area contributed by atoms with Crippen molar-refractivity contribution in [2.24, 2.45) is 0 Å². The lowest BCUT2D eigenvalue weighted by Crippen LogP contribution is -2.53. The monoisotopic (exact) mass is 341 g/mol. The molecule has 2 amide bonds. The number of hydrogen-bond acceptors (Lipinski definition) is 5. The van der Waals surface area contributed by atoms with Crippen molar-refractivity contribution < 1.29 is 19.4 Å². The summed E-state index contributed by atoms with van der Waals surface area (Å²) in [4.78, 5) is 29.9. The molecule has 2 heterocycles. The van der Waals surface area contributed by atoms with Crippen LogP contribution in [0.5, 0.6) is 0 Å². The van der Waals surface area contributed by atoms with Crippen LogP contribution < -0.4 is 0 Å². The van der Waals surface area contributed by atoms with Crippen LogP contribution in [0.2, 0.25) is 0 Å². The number of aliphatic hydroxyl groups is 1. The molecule has 1 N–H and O–H groups in total. The number of carbonyl (C=O) groups is 2. The SMILES string of the molecule is CC(C)(C)OC(=O)N1CCN(CCCN2CCCC2CO)C(=O)C1. The van der Waals surface area contributed by atoms with Crippen molar-refractivity contribution in [2.75, 3.05) is 45.9 Å². The number of hydrogen-bond donors (Lipinski definition) is 1. The summed E-state index contributed by atoms with van der Waals surface area (Å²) in [6, 6.07) is 0.282. The van der Waals surface area contributed by atoms with E-state index >= 15 is 0 Å². The normalized spacial score (nSPS) is 23.0. The zero-order valence-corrected chi connectivity index (χ0v) is 15.2. The van der Waals surface area contributed by atoms with Gasteiger partial charge in [-0.05, 0) is 46.6 Å². The molecule has 0 aromatic rings. The van der Waals surface area contributed by atoms with Crippen molar-refractivity contribution in [1.82, 2.24) is 14.7 Å². The van der Waals surface area contributed by atoms with E-state index in [4.69, 9.17) is 4.74 Å². The third-order valence-electron chi connectivity index (χ3n) is 4.55. The lowest BCUT2D eigenvalue weighted by Gasteiger charge is -2.35. The molecule has 0 aromatic heterocycles. The third-order valence-corrected chi connectivity index (χ3v) is 4.55. The lowest BCUT2D eigenvalue weighted by molar-refractivity contribution is -0.135. The van der Waals surface area contributed by atoms with Crippen LogP contribution in [0.15, 0.2) is 0 Å². The number of carbonyl (C=O) groups excluding carboxylic acids is 2. The summed E-state index contributed by atoms with van der Waals surface area (Å²) in [5.41, 5.74) is -0.545. The summed E-state index contributed by atoms with van der Waals surface area (Å²) in [7, 11) is 0. The van der Waals surface area contributed by atoms with Gasteiger partial charge in [0.25, 0.3) is 0 Å². The number of rotatable bonds is 5. The molecule has 0 aromatic carbocycles. The first-order valence-corrected chi connectivity index (χ1v) is 8.91. The van der Waals surface area contributed by atoms with E-state index < -0.39 is 11.7 Å². The number of amides is 2. The minimum Gasteiger partial charge on any atom is -0.444 e. The highest BCUT2D eigenvalue weighted by atomic mass is 16.6. The number of aliphatic hydroxyl groups excluding tert-OH is 1. The van der Waals surface area contributed by atoms with Crippen molar-refractivity contribution in [3.8, 4) is 0 Å². The molecule has 1 atom stereocenters.